The molecule has 2 fully saturated rings. The average molecular weight is 308 g/mol. The van der Waals surface area contributed by atoms with Gasteiger partial charge >= 0.3 is 0 Å². The Morgan fingerprint density at radius 1 is 1.20 bits per heavy atom. The molecule has 4 atom stereocenters. The molecule has 3 rings (SSSR count). The van der Waals surface area contributed by atoms with Crippen molar-refractivity contribution in [3.63, 3.8) is 0 Å². The largest absolute Gasteiger partial charge is 0.137 e. The first-order valence-electron chi connectivity index (χ1n) is 7.76. The van der Waals surface area contributed by atoms with Crippen LogP contribution in [-0.4, -0.2) is 17.3 Å². The van der Waals surface area contributed by atoms with Gasteiger partial charge in [0.05, 0.1) is 20.7 Å². The highest BCUT2D eigenvalue weighted by atomic mass is 33.1. The van der Waals surface area contributed by atoms with E-state index in [1.54, 1.807) is 0 Å². The zero-order valence-corrected chi connectivity index (χ0v) is 14.8. The molecule has 1 saturated heterocycles. The van der Waals surface area contributed by atoms with Crippen LogP contribution in [0, 0.1) is 16.7 Å². The summed E-state index contributed by atoms with van der Waals surface area (Å²) >= 11 is 0. The summed E-state index contributed by atoms with van der Waals surface area (Å²) in [6, 6.07) is 11.2. The average Bonchev–Trinajstić information content (AvgIpc) is 2.58. The molecule has 20 heavy (non-hydrogen) atoms. The predicted octanol–water partition coefficient (Wildman–Crippen LogP) is 4.95. The quantitative estimate of drug-likeness (QED) is 0.562. The van der Waals surface area contributed by atoms with Crippen LogP contribution in [0.25, 0.3) is 0 Å². The van der Waals surface area contributed by atoms with Gasteiger partial charge in [0.15, 0.2) is 0 Å². The molecule has 110 valence electrons. The Kier molecular flexibility index (Phi) is 3.92. The first-order valence-corrected chi connectivity index (χ1v) is 11.0. The van der Waals surface area contributed by atoms with E-state index in [0.717, 1.165) is 11.2 Å². The first kappa shape index (κ1) is 14.8. The Bertz CT molecular complexity index is 468. The standard InChI is InChI=1S/C18H27S2/c1-17(2)15-10-11-18(17,3)13-20(19-4)16(15)12-14-8-6-5-7-9-14/h5-9,15-16H,10-13H2,1-4H3/q+1/t15-,16-,18+,20?/m1/s1. The van der Waals surface area contributed by atoms with Gasteiger partial charge in [-0.15, -0.1) is 0 Å². The normalized spacial score (nSPS) is 38.9. The third-order valence-corrected chi connectivity index (χ3v) is 11.1. The summed E-state index contributed by atoms with van der Waals surface area (Å²) in [4.78, 5) is 0. The van der Waals surface area contributed by atoms with E-state index in [4.69, 9.17) is 0 Å². The van der Waals surface area contributed by atoms with E-state index in [2.05, 4.69) is 68.2 Å². The molecule has 1 aliphatic heterocycles. The summed E-state index contributed by atoms with van der Waals surface area (Å²) in [7, 11) is 2.69. The van der Waals surface area contributed by atoms with Gasteiger partial charge < -0.3 is 0 Å². The zero-order valence-electron chi connectivity index (χ0n) is 13.2. The molecule has 2 heteroatoms. The fourth-order valence-electron chi connectivity index (χ4n) is 4.38. The van der Waals surface area contributed by atoms with Gasteiger partial charge in [-0.05, 0) is 23.8 Å². The van der Waals surface area contributed by atoms with Crippen LogP contribution in [0.4, 0.5) is 0 Å². The third kappa shape index (κ3) is 2.23. The van der Waals surface area contributed by atoms with Crippen LogP contribution in [0.1, 0.15) is 39.2 Å². The van der Waals surface area contributed by atoms with Crippen LogP contribution in [0.3, 0.4) is 0 Å². The lowest BCUT2D eigenvalue weighted by molar-refractivity contribution is 0.0995. The zero-order chi connectivity index (χ0) is 14.4. The highest BCUT2D eigenvalue weighted by molar-refractivity contribution is 8.74. The van der Waals surface area contributed by atoms with Gasteiger partial charge in [0.1, 0.15) is 11.0 Å². The van der Waals surface area contributed by atoms with Crippen molar-refractivity contribution in [2.75, 3.05) is 12.0 Å². The molecule has 0 spiro atoms. The van der Waals surface area contributed by atoms with Gasteiger partial charge in [-0.1, -0.05) is 51.1 Å². The summed E-state index contributed by atoms with van der Waals surface area (Å²) < 4.78 is 0. The summed E-state index contributed by atoms with van der Waals surface area (Å²) in [6.07, 6.45) is 6.52. The second kappa shape index (κ2) is 5.28. The van der Waals surface area contributed by atoms with Crippen LogP contribution in [0.5, 0.6) is 0 Å². The van der Waals surface area contributed by atoms with E-state index < -0.39 is 0 Å². The Morgan fingerprint density at radius 2 is 1.90 bits per heavy atom. The topological polar surface area (TPSA) is 0 Å². The molecule has 0 amide bonds. The van der Waals surface area contributed by atoms with Gasteiger partial charge in [0.25, 0.3) is 0 Å². The van der Waals surface area contributed by atoms with E-state index >= 15 is 0 Å². The number of rotatable bonds is 3. The Hall–Kier alpha value is -0.0800. The van der Waals surface area contributed by atoms with Crippen molar-refractivity contribution < 1.29 is 0 Å². The molecular weight excluding hydrogens is 280 g/mol. The van der Waals surface area contributed by atoms with Crippen molar-refractivity contribution in [1.82, 2.24) is 0 Å². The molecule has 1 aromatic rings. The van der Waals surface area contributed by atoms with Crippen molar-refractivity contribution in [3.05, 3.63) is 35.9 Å². The maximum absolute atomic E-state index is 2.56. The smallest absolute Gasteiger partial charge is 0.0622 e. The number of benzene rings is 1. The van der Waals surface area contributed by atoms with Crippen LogP contribution >= 0.6 is 10.8 Å². The van der Waals surface area contributed by atoms with Gasteiger partial charge in [-0.3, -0.25) is 0 Å². The molecule has 0 N–H and O–H groups in total. The fraction of sp³-hybridized carbons (Fsp3) is 0.667. The van der Waals surface area contributed by atoms with Crippen molar-refractivity contribution in [2.24, 2.45) is 16.7 Å². The summed E-state index contributed by atoms with van der Waals surface area (Å²) in [5, 5.41) is 0.887. The van der Waals surface area contributed by atoms with Crippen molar-refractivity contribution in [2.45, 2.75) is 45.3 Å². The Morgan fingerprint density at radius 3 is 2.55 bits per heavy atom. The lowest BCUT2D eigenvalue weighted by Gasteiger charge is -2.47. The third-order valence-electron chi connectivity index (χ3n) is 6.23. The van der Waals surface area contributed by atoms with Gasteiger partial charge in [-0.25, -0.2) is 0 Å². The molecule has 1 aromatic carbocycles. The maximum atomic E-state index is 2.56. The lowest BCUT2D eigenvalue weighted by Crippen LogP contribution is -2.51. The minimum absolute atomic E-state index is 0.520. The maximum Gasteiger partial charge on any atom is 0.137 e. The molecule has 2 aliphatic rings. The lowest BCUT2D eigenvalue weighted by atomic mass is 9.65. The monoisotopic (exact) mass is 307 g/mol. The molecule has 1 saturated carbocycles. The van der Waals surface area contributed by atoms with E-state index in [1.807, 2.05) is 0 Å². The molecular formula is C18H27S2+. The second-order valence-electron chi connectivity index (χ2n) is 7.35. The fourth-order valence-corrected chi connectivity index (χ4v) is 9.81. The Labute approximate surface area is 130 Å². The Balaban J connectivity index is 1.89. The highest BCUT2D eigenvalue weighted by Gasteiger charge is 2.64. The van der Waals surface area contributed by atoms with Gasteiger partial charge in [0, 0.05) is 24.0 Å². The second-order valence-corrected chi connectivity index (χ2v) is 11.6. The minimum atomic E-state index is 0.520. The van der Waals surface area contributed by atoms with Crippen molar-refractivity contribution in [1.29, 1.82) is 0 Å². The van der Waals surface area contributed by atoms with E-state index in [1.165, 1.54) is 30.6 Å². The van der Waals surface area contributed by atoms with Gasteiger partial charge in [-0.2, -0.15) is 0 Å². The number of hydrogen-bond acceptors (Lipinski definition) is 1. The molecule has 1 heterocycles. The molecule has 2 bridgehead atoms. The summed E-state index contributed by atoms with van der Waals surface area (Å²) in [5.41, 5.74) is 2.64. The minimum Gasteiger partial charge on any atom is -0.0622 e. The predicted molar refractivity (Wildman–Crippen MR) is 94.3 cm³/mol. The van der Waals surface area contributed by atoms with E-state index in [9.17, 15) is 0 Å². The molecule has 0 nitrogen and oxygen atoms in total. The van der Waals surface area contributed by atoms with Crippen LogP contribution in [0.2, 0.25) is 0 Å². The summed E-state index contributed by atoms with van der Waals surface area (Å²) in [6.45, 7) is 7.65. The van der Waals surface area contributed by atoms with E-state index in [-0.39, 0.29) is 0 Å². The number of fused-ring (bicyclic) bond motifs is 2. The molecule has 1 unspecified atom stereocenters. The highest BCUT2D eigenvalue weighted by Crippen LogP contribution is 2.63. The van der Waals surface area contributed by atoms with Crippen LogP contribution in [0.15, 0.2) is 30.3 Å². The molecule has 0 radical (unpaired) electrons. The molecule has 1 aliphatic carbocycles. The van der Waals surface area contributed by atoms with Crippen LogP contribution < -0.4 is 0 Å². The SMILES string of the molecule is CS[S+]1C[C@]2(C)CC[C@H]([C@H]1Cc1ccccc1)C2(C)C. The summed E-state index contributed by atoms with van der Waals surface area (Å²) in [5.74, 6) is 2.35. The first-order chi connectivity index (χ1) is 9.48. The molecule has 0 aromatic heterocycles. The van der Waals surface area contributed by atoms with E-state index in [0.29, 0.717) is 20.8 Å². The van der Waals surface area contributed by atoms with Gasteiger partial charge in [0.2, 0.25) is 0 Å². The van der Waals surface area contributed by atoms with Crippen molar-refractivity contribution >= 4 is 20.7 Å². The number of hydrogen-bond donors (Lipinski definition) is 0. The van der Waals surface area contributed by atoms with Crippen molar-refractivity contribution in [3.8, 4) is 0 Å². The van der Waals surface area contributed by atoms with Crippen LogP contribution in [-0.2, 0) is 16.3 Å².